The molecule has 2 N–H and O–H groups in total. The molecule has 0 aromatic carbocycles. The Morgan fingerprint density at radius 1 is 1.43 bits per heavy atom. The lowest BCUT2D eigenvalue weighted by atomic mass is 10.1. The number of nitrogens with zero attached hydrogens (tertiary/aromatic N) is 2. The van der Waals surface area contributed by atoms with Gasteiger partial charge in [0.05, 0.1) is 4.47 Å². The first-order valence-corrected chi connectivity index (χ1v) is 5.54. The van der Waals surface area contributed by atoms with Crippen LogP contribution in [0.3, 0.4) is 0 Å². The molecule has 14 heavy (non-hydrogen) atoms. The summed E-state index contributed by atoms with van der Waals surface area (Å²) in [6, 6.07) is 0. The Kier molecular flexibility index (Phi) is 2.35. The zero-order valence-electron chi connectivity index (χ0n) is 8.37. The molecule has 0 aliphatic heterocycles. The Morgan fingerprint density at radius 3 is 2.43 bits per heavy atom. The van der Waals surface area contributed by atoms with Crippen molar-refractivity contribution in [2.24, 2.45) is 17.1 Å². The average Bonchev–Trinajstić information content (AvgIpc) is 2.69. The lowest BCUT2D eigenvalue weighted by Gasteiger charge is -2.00. The minimum atomic E-state index is 0.266. The molecule has 1 fully saturated rings. The largest absolute Gasteiger partial charge is 0.330 e. The maximum atomic E-state index is 5.70. The second-order valence-electron chi connectivity index (χ2n) is 4.40. The van der Waals surface area contributed by atoms with E-state index in [1.54, 1.807) is 12.4 Å². The van der Waals surface area contributed by atoms with Crippen LogP contribution in [0.1, 0.15) is 25.6 Å². The molecule has 4 heteroatoms. The van der Waals surface area contributed by atoms with Crippen molar-refractivity contribution in [3.05, 3.63) is 22.7 Å². The fraction of sp³-hybridized carbons (Fsp3) is 0.600. The molecule has 76 valence electrons. The summed E-state index contributed by atoms with van der Waals surface area (Å²) in [6.07, 6.45) is 3.59. The number of hydrogen-bond acceptors (Lipinski definition) is 3. The predicted molar refractivity (Wildman–Crippen MR) is 58.8 cm³/mol. The molecule has 2 atom stereocenters. The molecule has 0 unspecified atom stereocenters. The van der Waals surface area contributed by atoms with Crippen molar-refractivity contribution < 1.29 is 0 Å². The summed E-state index contributed by atoms with van der Waals surface area (Å²) < 4.78 is 0.920. The molecule has 0 amide bonds. The van der Waals surface area contributed by atoms with Crippen molar-refractivity contribution in [2.75, 3.05) is 6.54 Å². The van der Waals surface area contributed by atoms with Crippen LogP contribution in [0.5, 0.6) is 0 Å². The first kappa shape index (κ1) is 10.1. The van der Waals surface area contributed by atoms with Crippen LogP contribution in [0.25, 0.3) is 0 Å². The highest BCUT2D eigenvalue weighted by Crippen LogP contribution is 2.62. The predicted octanol–water partition coefficient (Wildman–Crippen LogP) is 1.94. The van der Waals surface area contributed by atoms with Gasteiger partial charge in [-0.15, -0.1) is 0 Å². The van der Waals surface area contributed by atoms with Gasteiger partial charge in [0.2, 0.25) is 0 Å². The smallest absolute Gasteiger partial charge is 0.132 e. The van der Waals surface area contributed by atoms with Gasteiger partial charge in [0.15, 0.2) is 0 Å². The van der Waals surface area contributed by atoms with Crippen molar-refractivity contribution in [2.45, 2.75) is 19.8 Å². The quantitative estimate of drug-likeness (QED) is 0.879. The summed E-state index contributed by atoms with van der Waals surface area (Å²) in [5.41, 5.74) is 5.97. The maximum Gasteiger partial charge on any atom is 0.132 e. The van der Waals surface area contributed by atoms with E-state index >= 15 is 0 Å². The first-order valence-electron chi connectivity index (χ1n) is 4.75. The molecule has 0 saturated heterocycles. The van der Waals surface area contributed by atoms with Crippen LogP contribution >= 0.6 is 15.9 Å². The molecular formula is C10H14BrN3. The standard InChI is InChI=1S/C10H14BrN3/c1-10(2)7(3-12)8(10)9-13-4-6(11)5-14-9/h4-5,7-8H,3,12H2,1-2H3/t7-,8+/m1/s1. The molecule has 1 aliphatic carbocycles. The van der Waals surface area contributed by atoms with Crippen molar-refractivity contribution in [3.8, 4) is 0 Å². The Hall–Kier alpha value is -0.480. The van der Waals surface area contributed by atoms with Crippen molar-refractivity contribution in [1.82, 2.24) is 9.97 Å². The highest BCUT2D eigenvalue weighted by molar-refractivity contribution is 9.10. The molecule has 0 bridgehead atoms. The third-order valence-electron chi connectivity index (χ3n) is 3.22. The van der Waals surface area contributed by atoms with Gasteiger partial charge in [-0.1, -0.05) is 13.8 Å². The van der Waals surface area contributed by atoms with E-state index in [1.807, 2.05) is 0 Å². The summed E-state index contributed by atoms with van der Waals surface area (Å²) in [6.45, 7) is 5.16. The fourth-order valence-electron chi connectivity index (χ4n) is 2.18. The van der Waals surface area contributed by atoms with Gasteiger partial charge < -0.3 is 5.73 Å². The number of halogens is 1. The van der Waals surface area contributed by atoms with Gasteiger partial charge in [-0.25, -0.2) is 9.97 Å². The lowest BCUT2D eigenvalue weighted by molar-refractivity contribution is 0.555. The monoisotopic (exact) mass is 255 g/mol. The third-order valence-corrected chi connectivity index (χ3v) is 3.63. The van der Waals surface area contributed by atoms with Crippen LogP contribution in [0.4, 0.5) is 0 Å². The van der Waals surface area contributed by atoms with Crippen molar-refractivity contribution in [3.63, 3.8) is 0 Å². The summed E-state index contributed by atoms with van der Waals surface area (Å²) in [4.78, 5) is 8.64. The average molecular weight is 256 g/mol. The highest BCUT2D eigenvalue weighted by atomic mass is 79.9. The van der Waals surface area contributed by atoms with E-state index < -0.39 is 0 Å². The number of hydrogen-bond donors (Lipinski definition) is 1. The minimum Gasteiger partial charge on any atom is -0.330 e. The van der Waals surface area contributed by atoms with Gasteiger partial charge in [-0.05, 0) is 33.8 Å². The molecule has 3 nitrogen and oxygen atoms in total. The Morgan fingerprint density at radius 2 is 2.00 bits per heavy atom. The number of nitrogens with two attached hydrogens (primary N) is 1. The van der Waals surface area contributed by atoms with Crippen LogP contribution in [-0.4, -0.2) is 16.5 Å². The topological polar surface area (TPSA) is 51.8 Å². The summed E-state index contributed by atoms with van der Waals surface area (Å²) >= 11 is 3.33. The Labute approximate surface area is 92.3 Å². The van der Waals surface area contributed by atoms with E-state index in [-0.39, 0.29) is 5.41 Å². The van der Waals surface area contributed by atoms with E-state index in [9.17, 15) is 0 Å². The number of rotatable bonds is 2. The van der Waals surface area contributed by atoms with Gasteiger partial charge in [0, 0.05) is 18.3 Å². The third kappa shape index (κ3) is 1.46. The van der Waals surface area contributed by atoms with Crippen molar-refractivity contribution in [1.29, 1.82) is 0 Å². The van der Waals surface area contributed by atoms with E-state index in [1.165, 1.54) is 0 Å². The number of aromatic nitrogens is 2. The molecule has 0 spiro atoms. The molecule has 1 aliphatic rings. The maximum absolute atomic E-state index is 5.70. The molecule has 0 radical (unpaired) electrons. The van der Waals surface area contributed by atoms with Gasteiger partial charge >= 0.3 is 0 Å². The molecule has 1 aromatic rings. The van der Waals surface area contributed by atoms with Gasteiger partial charge in [0.25, 0.3) is 0 Å². The molecule has 1 saturated carbocycles. The van der Waals surface area contributed by atoms with Crippen LogP contribution in [0.2, 0.25) is 0 Å². The Balaban J connectivity index is 2.22. The van der Waals surface area contributed by atoms with Crippen molar-refractivity contribution >= 4 is 15.9 Å². The van der Waals surface area contributed by atoms with Crippen LogP contribution in [0.15, 0.2) is 16.9 Å². The Bertz CT molecular complexity index is 334. The summed E-state index contributed by atoms with van der Waals surface area (Å²) in [7, 11) is 0. The fourth-order valence-corrected chi connectivity index (χ4v) is 2.38. The highest BCUT2D eigenvalue weighted by Gasteiger charge is 2.58. The zero-order valence-corrected chi connectivity index (χ0v) is 9.95. The lowest BCUT2D eigenvalue weighted by Crippen LogP contribution is -2.05. The molecule has 1 heterocycles. The van der Waals surface area contributed by atoms with Crippen LogP contribution in [0, 0.1) is 11.3 Å². The minimum absolute atomic E-state index is 0.266. The second kappa shape index (κ2) is 3.28. The van der Waals surface area contributed by atoms with E-state index in [2.05, 4.69) is 39.7 Å². The van der Waals surface area contributed by atoms with E-state index in [0.29, 0.717) is 11.8 Å². The second-order valence-corrected chi connectivity index (χ2v) is 5.32. The van der Waals surface area contributed by atoms with Crippen LogP contribution in [-0.2, 0) is 0 Å². The normalized spacial score (nSPS) is 28.9. The zero-order chi connectivity index (χ0) is 10.3. The molecule has 2 rings (SSSR count). The molecule has 1 aromatic heterocycles. The summed E-state index contributed by atoms with van der Waals surface area (Å²) in [5.74, 6) is 1.89. The van der Waals surface area contributed by atoms with E-state index in [4.69, 9.17) is 5.73 Å². The van der Waals surface area contributed by atoms with Gasteiger partial charge in [-0.3, -0.25) is 0 Å². The molecular weight excluding hydrogens is 242 g/mol. The van der Waals surface area contributed by atoms with Gasteiger partial charge in [0.1, 0.15) is 5.82 Å². The first-order chi connectivity index (χ1) is 6.57. The summed E-state index contributed by atoms with van der Waals surface area (Å²) in [5, 5.41) is 0. The SMILES string of the molecule is CC1(C)[C@H](CN)[C@H]1c1ncc(Br)cn1. The van der Waals surface area contributed by atoms with Crippen LogP contribution < -0.4 is 5.73 Å². The van der Waals surface area contributed by atoms with E-state index in [0.717, 1.165) is 16.8 Å². The van der Waals surface area contributed by atoms with Gasteiger partial charge in [-0.2, -0.15) is 0 Å².